The zero-order chi connectivity index (χ0) is 27.6. The Kier molecular flexibility index (Phi) is 11.0. The van der Waals surface area contributed by atoms with Crippen molar-refractivity contribution in [2.75, 3.05) is 12.9 Å². The van der Waals surface area contributed by atoms with E-state index in [-0.39, 0.29) is 29.4 Å². The highest BCUT2D eigenvalue weighted by molar-refractivity contribution is 7.91. The molecule has 1 aliphatic heterocycles. The van der Waals surface area contributed by atoms with E-state index in [1.54, 1.807) is 26.2 Å². The number of benzene rings is 2. The molecule has 2 aromatic rings. The number of ether oxygens (including phenoxy) is 1. The van der Waals surface area contributed by atoms with Crippen molar-refractivity contribution in [3.05, 3.63) is 59.2 Å². The number of carboxylic acid groups (broad SMARTS) is 1. The first-order valence-electron chi connectivity index (χ1n) is 12.3. The van der Waals surface area contributed by atoms with Crippen LogP contribution in [0.25, 0.3) is 0 Å². The van der Waals surface area contributed by atoms with Crippen LogP contribution in [0.5, 0.6) is 5.75 Å². The molecule has 0 aliphatic carbocycles. The van der Waals surface area contributed by atoms with Crippen molar-refractivity contribution in [2.24, 2.45) is 0 Å². The van der Waals surface area contributed by atoms with E-state index in [0.717, 1.165) is 24.8 Å². The lowest BCUT2D eigenvalue weighted by molar-refractivity contribution is -0.191. The fraction of sp³-hybridized carbons (Fsp3) is 0.481. The molecule has 1 aliphatic rings. The fourth-order valence-electron chi connectivity index (χ4n) is 4.61. The number of carbonyl (C=O) groups is 1. The van der Waals surface area contributed by atoms with E-state index < -0.39 is 27.4 Å². The zero-order valence-corrected chi connectivity index (χ0v) is 22.6. The number of hydrogen-bond acceptors (Lipinski definition) is 8. The van der Waals surface area contributed by atoms with Crippen molar-refractivity contribution < 1.29 is 32.6 Å². The van der Waals surface area contributed by atoms with Crippen molar-refractivity contribution in [3.63, 3.8) is 0 Å². The molecular formula is C27H36N2O7S. The van der Waals surface area contributed by atoms with Crippen molar-refractivity contribution in [2.45, 2.75) is 75.5 Å². The van der Waals surface area contributed by atoms with Gasteiger partial charge in [-0.1, -0.05) is 57.0 Å². The number of hydrogen-bond donors (Lipinski definition) is 3. The predicted molar refractivity (Wildman–Crippen MR) is 138 cm³/mol. The summed E-state index contributed by atoms with van der Waals surface area (Å²) in [4.78, 5) is 27.8. The molecule has 0 aromatic heterocycles. The van der Waals surface area contributed by atoms with Gasteiger partial charge in [-0.3, -0.25) is 10.1 Å². The third kappa shape index (κ3) is 7.49. The predicted octanol–water partition coefficient (Wildman–Crippen LogP) is 3.48. The van der Waals surface area contributed by atoms with Gasteiger partial charge >= 0.3 is 12.1 Å². The summed E-state index contributed by atoms with van der Waals surface area (Å²) < 4.78 is 33.3. The Hall–Kier alpha value is -3.04. The molecule has 0 fully saturated rings. The molecule has 0 spiro atoms. The number of carbonyl (C=O) groups excluding carboxylic acids is 2. The van der Waals surface area contributed by atoms with Crippen LogP contribution in [0, 0.1) is 0 Å². The highest BCUT2D eigenvalue weighted by Gasteiger charge is 2.42. The van der Waals surface area contributed by atoms with Gasteiger partial charge in [-0.15, -0.1) is 0 Å². The molecule has 9 nitrogen and oxygen atoms in total. The van der Waals surface area contributed by atoms with E-state index in [0.29, 0.717) is 23.3 Å². The standard InChI is InChI=1S/C26H36N2O5S.CO2/c1-5-7-13-26(6-2)17-34(31,32)23-14-20(16-27-18(3)25(29)30)22(33-4)15-21(23)24(28-26)19-11-9-8-10-12-19;2-1-3/h8-12,14-15,18,24,27-28H,5-7,13,16-17H2,1-4H3,(H,29,30);/t18-,24-,26-;/m1./s1. The summed E-state index contributed by atoms with van der Waals surface area (Å²) in [5.74, 6) is -0.435. The van der Waals surface area contributed by atoms with Gasteiger partial charge in [0.15, 0.2) is 9.84 Å². The maximum absolute atomic E-state index is 13.8. The van der Waals surface area contributed by atoms with Crippen molar-refractivity contribution in [1.82, 2.24) is 10.6 Å². The second kappa shape index (κ2) is 13.5. The van der Waals surface area contributed by atoms with Gasteiger partial charge in [0.05, 0.1) is 23.8 Å². The van der Waals surface area contributed by atoms with Gasteiger partial charge in [-0.25, -0.2) is 8.42 Å². The summed E-state index contributed by atoms with van der Waals surface area (Å²) >= 11 is 0. The number of carboxylic acids is 1. The molecule has 2 aromatic carbocycles. The minimum Gasteiger partial charge on any atom is -0.496 e. The van der Waals surface area contributed by atoms with Gasteiger partial charge < -0.3 is 15.2 Å². The van der Waals surface area contributed by atoms with Gasteiger partial charge in [0.2, 0.25) is 0 Å². The third-order valence-electron chi connectivity index (χ3n) is 6.76. The van der Waals surface area contributed by atoms with Crippen LogP contribution in [0.1, 0.15) is 69.2 Å². The molecule has 0 amide bonds. The van der Waals surface area contributed by atoms with Gasteiger partial charge in [-0.05, 0) is 43.0 Å². The van der Waals surface area contributed by atoms with Crippen molar-refractivity contribution in [1.29, 1.82) is 0 Å². The minimum absolute atomic E-state index is 0.0115. The molecule has 0 saturated carbocycles. The number of methoxy groups -OCH3 is 1. The molecule has 0 saturated heterocycles. The maximum Gasteiger partial charge on any atom is 0.373 e. The number of nitrogens with one attached hydrogen (secondary N) is 2. The maximum atomic E-state index is 13.8. The number of fused-ring (bicyclic) bond motifs is 1. The molecule has 10 heteroatoms. The molecular weight excluding hydrogens is 496 g/mol. The summed E-state index contributed by atoms with van der Waals surface area (Å²) in [5.41, 5.74) is 1.70. The highest BCUT2D eigenvalue weighted by atomic mass is 32.2. The lowest BCUT2D eigenvalue weighted by atomic mass is 9.88. The first-order chi connectivity index (χ1) is 17.6. The van der Waals surface area contributed by atoms with Crippen LogP contribution >= 0.6 is 0 Å². The third-order valence-corrected chi connectivity index (χ3v) is 8.72. The molecule has 3 N–H and O–H groups in total. The largest absolute Gasteiger partial charge is 0.496 e. The van der Waals surface area contributed by atoms with E-state index >= 15 is 0 Å². The molecule has 202 valence electrons. The average Bonchev–Trinajstić information content (AvgIpc) is 2.98. The zero-order valence-electron chi connectivity index (χ0n) is 21.7. The Bertz CT molecular complexity index is 1190. The highest BCUT2D eigenvalue weighted by Crippen LogP contribution is 2.40. The number of unbranched alkanes of at least 4 members (excludes halogenated alkanes) is 1. The molecule has 3 rings (SSSR count). The number of rotatable bonds is 10. The normalized spacial score (nSPS) is 20.8. The van der Waals surface area contributed by atoms with Gasteiger partial charge in [0.1, 0.15) is 11.8 Å². The minimum atomic E-state index is -3.63. The summed E-state index contributed by atoms with van der Waals surface area (Å²) in [6.45, 7) is 5.88. The molecule has 0 bridgehead atoms. The van der Waals surface area contributed by atoms with Crippen LogP contribution in [-0.4, -0.2) is 50.1 Å². The topological polar surface area (TPSA) is 139 Å². The fourth-order valence-corrected chi connectivity index (χ4v) is 6.78. The molecule has 3 atom stereocenters. The second-order valence-corrected chi connectivity index (χ2v) is 11.2. The quantitative estimate of drug-likeness (QED) is 0.420. The van der Waals surface area contributed by atoms with E-state index in [1.807, 2.05) is 37.3 Å². The van der Waals surface area contributed by atoms with E-state index in [4.69, 9.17) is 14.3 Å². The van der Waals surface area contributed by atoms with Crippen LogP contribution in [-0.2, 0) is 30.8 Å². The van der Waals surface area contributed by atoms with Gasteiger partial charge in [0, 0.05) is 17.6 Å². The lowest BCUT2D eigenvalue weighted by Gasteiger charge is -2.36. The van der Waals surface area contributed by atoms with Crippen LogP contribution in [0.4, 0.5) is 0 Å². The smallest absolute Gasteiger partial charge is 0.373 e. The van der Waals surface area contributed by atoms with Crippen LogP contribution in [0.2, 0.25) is 0 Å². The first-order valence-corrected chi connectivity index (χ1v) is 13.9. The Labute approximate surface area is 218 Å². The van der Waals surface area contributed by atoms with Crippen LogP contribution in [0.3, 0.4) is 0 Å². The summed E-state index contributed by atoms with van der Waals surface area (Å²) in [5, 5.41) is 15.9. The second-order valence-electron chi connectivity index (χ2n) is 9.21. The van der Waals surface area contributed by atoms with Gasteiger partial charge in [-0.2, -0.15) is 9.59 Å². The van der Waals surface area contributed by atoms with Crippen molar-refractivity contribution in [3.8, 4) is 5.75 Å². The van der Waals surface area contributed by atoms with E-state index in [9.17, 15) is 18.3 Å². The van der Waals surface area contributed by atoms with E-state index in [2.05, 4.69) is 17.6 Å². The first kappa shape index (κ1) is 30.2. The molecule has 1 heterocycles. The van der Waals surface area contributed by atoms with Crippen molar-refractivity contribution >= 4 is 22.0 Å². The van der Waals surface area contributed by atoms with E-state index in [1.165, 1.54) is 0 Å². The Balaban J connectivity index is 0.00000153. The van der Waals surface area contributed by atoms with Crippen LogP contribution < -0.4 is 15.4 Å². The lowest BCUT2D eigenvalue weighted by Crippen LogP contribution is -2.50. The SMILES string of the molecule is CCCC[C@]1(CC)CS(=O)(=O)c2cc(CN[C@H](C)C(=O)O)c(OC)cc2[C@@H](c2ccccc2)N1.O=C=O. The molecule has 0 unspecified atom stereocenters. The summed E-state index contributed by atoms with van der Waals surface area (Å²) in [7, 11) is -2.09. The Morgan fingerprint density at radius 1 is 1.24 bits per heavy atom. The molecule has 0 radical (unpaired) electrons. The summed E-state index contributed by atoms with van der Waals surface area (Å²) in [6.07, 6.45) is 3.61. The Morgan fingerprint density at radius 2 is 1.89 bits per heavy atom. The number of sulfone groups is 1. The average molecular weight is 533 g/mol. The summed E-state index contributed by atoms with van der Waals surface area (Å²) in [6, 6.07) is 12.2. The Morgan fingerprint density at radius 3 is 2.43 bits per heavy atom. The monoisotopic (exact) mass is 532 g/mol. The molecule has 37 heavy (non-hydrogen) atoms. The number of aliphatic carboxylic acids is 1. The van der Waals surface area contributed by atoms with Crippen LogP contribution in [0.15, 0.2) is 47.4 Å². The van der Waals surface area contributed by atoms with Gasteiger partial charge in [0.25, 0.3) is 0 Å².